The highest BCUT2D eigenvalue weighted by Crippen LogP contribution is 2.28. The molecule has 0 amide bonds. The Morgan fingerprint density at radius 1 is 1.42 bits per heavy atom. The molecule has 7 heteroatoms. The Morgan fingerprint density at radius 2 is 2.21 bits per heavy atom. The van der Waals surface area contributed by atoms with E-state index < -0.39 is 10.7 Å². The summed E-state index contributed by atoms with van der Waals surface area (Å²) in [6.07, 6.45) is 1.52. The highest BCUT2D eigenvalue weighted by molar-refractivity contribution is 9.08. The van der Waals surface area contributed by atoms with E-state index in [0.29, 0.717) is 5.33 Å². The van der Waals surface area contributed by atoms with Crippen LogP contribution in [0.1, 0.15) is 5.56 Å². The smallest absolute Gasteiger partial charge is 0.272 e. The van der Waals surface area contributed by atoms with E-state index in [4.69, 9.17) is 4.74 Å². The maximum atomic E-state index is 13.7. The van der Waals surface area contributed by atoms with E-state index in [1.165, 1.54) is 18.3 Å². The zero-order chi connectivity index (χ0) is 13.8. The number of rotatable bonds is 4. The Balaban J connectivity index is 2.31. The number of halogens is 2. The van der Waals surface area contributed by atoms with Gasteiger partial charge in [0.2, 0.25) is 5.88 Å². The largest absolute Gasteiger partial charge is 0.436 e. The van der Waals surface area contributed by atoms with Crippen LogP contribution in [0.25, 0.3) is 0 Å². The third-order valence-corrected chi connectivity index (χ3v) is 2.93. The maximum Gasteiger partial charge on any atom is 0.272 e. The van der Waals surface area contributed by atoms with E-state index >= 15 is 0 Å². The first-order valence-corrected chi connectivity index (χ1v) is 6.35. The van der Waals surface area contributed by atoms with E-state index in [1.54, 1.807) is 12.1 Å². The Bertz CT molecular complexity index is 622. The van der Waals surface area contributed by atoms with Gasteiger partial charge in [0.25, 0.3) is 5.69 Å². The molecule has 2 aromatic rings. The maximum absolute atomic E-state index is 13.7. The number of nitro benzene ring substituents is 1. The van der Waals surface area contributed by atoms with Crippen LogP contribution in [0.5, 0.6) is 11.6 Å². The minimum absolute atomic E-state index is 0.105. The van der Waals surface area contributed by atoms with Gasteiger partial charge in [-0.15, -0.1) is 0 Å². The van der Waals surface area contributed by atoms with Crippen molar-refractivity contribution in [2.75, 3.05) is 0 Å². The van der Waals surface area contributed by atoms with Crippen LogP contribution in [0.2, 0.25) is 0 Å². The summed E-state index contributed by atoms with van der Waals surface area (Å²) in [5.74, 6) is -0.654. The second-order valence-corrected chi connectivity index (χ2v) is 4.14. The summed E-state index contributed by atoms with van der Waals surface area (Å²) in [7, 11) is 0. The fourth-order valence-corrected chi connectivity index (χ4v) is 1.83. The molecule has 0 radical (unpaired) electrons. The van der Waals surface area contributed by atoms with Crippen LogP contribution < -0.4 is 4.74 Å². The van der Waals surface area contributed by atoms with Gasteiger partial charge in [-0.05, 0) is 12.1 Å². The number of pyridine rings is 1. The number of non-ortho nitro benzene ring substituents is 1. The highest BCUT2D eigenvalue weighted by atomic mass is 79.9. The molecule has 98 valence electrons. The molecule has 0 atom stereocenters. The zero-order valence-electron chi connectivity index (χ0n) is 9.55. The minimum atomic E-state index is -0.805. The number of nitrogens with zero attached hydrogens (tertiary/aromatic N) is 2. The number of ether oxygens (including phenoxy) is 1. The van der Waals surface area contributed by atoms with Crippen LogP contribution in [-0.4, -0.2) is 9.91 Å². The monoisotopic (exact) mass is 326 g/mol. The van der Waals surface area contributed by atoms with Crippen molar-refractivity contribution in [2.24, 2.45) is 0 Å². The number of hydrogen-bond donors (Lipinski definition) is 0. The Hall–Kier alpha value is -2.02. The van der Waals surface area contributed by atoms with Gasteiger partial charge < -0.3 is 4.74 Å². The summed E-state index contributed by atoms with van der Waals surface area (Å²) in [6.45, 7) is 0. The predicted molar refractivity (Wildman–Crippen MR) is 70.0 cm³/mol. The molecule has 0 spiro atoms. The molecule has 0 N–H and O–H groups in total. The number of nitro groups is 1. The zero-order valence-corrected chi connectivity index (χ0v) is 11.1. The summed E-state index contributed by atoms with van der Waals surface area (Å²) in [4.78, 5) is 13.8. The SMILES string of the molecule is O=[N+]([O-])c1ccc(Oc2ncccc2CBr)c(F)c1. The minimum Gasteiger partial charge on any atom is -0.436 e. The van der Waals surface area contributed by atoms with Crippen molar-refractivity contribution in [3.8, 4) is 11.6 Å². The van der Waals surface area contributed by atoms with Crippen LogP contribution in [0, 0.1) is 15.9 Å². The van der Waals surface area contributed by atoms with Crippen LogP contribution >= 0.6 is 15.9 Å². The quantitative estimate of drug-likeness (QED) is 0.486. The molecule has 1 aromatic heterocycles. The van der Waals surface area contributed by atoms with Crippen molar-refractivity contribution in [1.29, 1.82) is 0 Å². The van der Waals surface area contributed by atoms with Crippen LogP contribution in [-0.2, 0) is 5.33 Å². The van der Waals surface area contributed by atoms with Crippen LogP contribution in [0.15, 0.2) is 36.5 Å². The first kappa shape index (κ1) is 13.4. The van der Waals surface area contributed by atoms with Crippen molar-refractivity contribution in [2.45, 2.75) is 5.33 Å². The molecule has 5 nitrogen and oxygen atoms in total. The molecule has 0 aliphatic heterocycles. The summed E-state index contributed by atoms with van der Waals surface area (Å²) in [6, 6.07) is 6.71. The highest BCUT2D eigenvalue weighted by Gasteiger charge is 2.13. The van der Waals surface area contributed by atoms with E-state index in [9.17, 15) is 14.5 Å². The molecule has 0 fully saturated rings. The lowest BCUT2D eigenvalue weighted by atomic mass is 10.3. The van der Waals surface area contributed by atoms with Gasteiger partial charge in [-0.2, -0.15) is 0 Å². The number of alkyl halides is 1. The third-order valence-electron chi connectivity index (χ3n) is 2.33. The van der Waals surface area contributed by atoms with Crippen molar-refractivity contribution in [1.82, 2.24) is 4.98 Å². The van der Waals surface area contributed by atoms with Crippen molar-refractivity contribution in [3.63, 3.8) is 0 Å². The van der Waals surface area contributed by atoms with Crippen molar-refractivity contribution < 1.29 is 14.1 Å². The van der Waals surface area contributed by atoms with Gasteiger partial charge in [0.05, 0.1) is 11.0 Å². The first-order valence-electron chi connectivity index (χ1n) is 5.23. The van der Waals surface area contributed by atoms with E-state index in [-0.39, 0.29) is 17.3 Å². The lowest BCUT2D eigenvalue weighted by Crippen LogP contribution is -1.96. The second-order valence-electron chi connectivity index (χ2n) is 3.58. The first-order chi connectivity index (χ1) is 9.11. The second kappa shape index (κ2) is 5.75. The molecule has 1 heterocycles. The number of aromatic nitrogens is 1. The van der Waals surface area contributed by atoms with Gasteiger partial charge in [0.15, 0.2) is 11.6 Å². The molecule has 19 heavy (non-hydrogen) atoms. The van der Waals surface area contributed by atoms with Crippen LogP contribution in [0.3, 0.4) is 0 Å². The molecule has 0 aliphatic carbocycles. The molecule has 0 aliphatic rings. The Morgan fingerprint density at radius 3 is 2.84 bits per heavy atom. The van der Waals surface area contributed by atoms with Crippen LogP contribution in [0.4, 0.5) is 10.1 Å². The van der Waals surface area contributed by atoms with Gasteiger partial charge >= 0.3 is 0 Å². The molecular weight excluding hydrogens is 319 g/mol. The number of benzene rings is 1. The third kappa shape index (κ3) is 3.05. The van der Waals surface area contributed by atoms with Gasteiger partial charge in [-0.3, -0.25) is 10.1 Å². The summed E-state index contributed by atoms with van der Waals surface area (Å²) >= 11 is 3.27. The van der Waals surface area contributed by atoms with E-state index in [2.05, 4.69) is 20.9 Å². The average Bonchev–Trinajstić information content (AvgIpc) is 2.41. The van der Waals surface area contributed by atoms with Gasteiger partial charge in [0, 0.05) is 23.2 Å². The molecule has 2 rings (SSSR count). The standard InChI is InChI=1S/C12H8BrFN2O3/c13-7-8-2-1-5-15-12(8)19-11-4-3-9(16(17)18)6-10(11)14/h1-6H,7H2. The molecule has 0 bridgehead atoms. The molecule has 1 aromatic carbocycles. The van der Waals surface area contributed by atoms with Gasteiger partial charge in [-0.1, -0.05) is 22.0 Å². The summed E-state index contributed by atoms with van der Waals surface area (Å²) < 4.78 is 19.0. The normalized spacial score (nSPS) is 10.2. The molecular formula is C12H8BrFN2O3. The van der Waals surface area contributed by atoms with Crippen molar-refractivity contribution >= 4 is 21.6 Å². The van der Waals surface area contributed by atoms with E-state index in [0.717, 1.165) is 11.6 Å². The summed E-state index contributed by atoms with van der Waals surface area (Å²) in [5.41, 5.74) is 0.423. The molecule has 0 saturated heterocycles. The van der Waals surface area contributed by atoms with Gasteiger partial charge in [0.1, 0.15) is 0 Å². The molecule has 0 unspecified atom stereocenters. The fourth-order valence-electron chi connectivity index (χ4n) is 1.41. The van der Waals surface area contributed by atoms with Crippen molar-refractivity contribution in [3.05, 3.63) is 58.0 Å². The Labute approximate surface area is 116 Å². The molecule has 0 saturated carbocycles. The summed E-state index contributed by atoms with van der Waals surface area (Å²) in [5, 5.41) is 11.0. The predicted octanol–water partition coefficient (Wildman–Crippen LogP) is 3.82. The average molecular weight is 327 g/mol. The topological polar surface area (TPSA) is 65.3 Å². The lowest BCUT2D eigenvalue weighted by molar-refractivity contribution is -0.385. The van der Waals surface area contributed by atoms with Gasteiger partial charge in [-0.25, -0.2) is 9.37 Å². The number of hydrogen-bond acceptors (Lipinski definition) is 4. The van der Waals surface area contributed by atoms with E-state index in [1.807, 2.05) is 0 Å². The fraction of sp³-hybridized carbons (Fsp3) is 0.0833. The lowest BCUT2D eigenvalue weighted by Gasteiger charge is -2.08. The Kier molecular flexibility index (Phi) is 4.06.